The number of hydrogen-bond donors (Lipinski definition) is 2. The van der Waals surface area contributed by atoms with Crippen LogP contribution in [0.3, 0.4) is 0 Å². The van der Waals surface area contributed by atoms with Gasteiger partial charge >= 0.3 is 0 Å². The van der Waals surface area contributed by atoms with Crippen LogP contribution < -0.4 is 10.6 Å². The molecule has 1 aromatic heterocycles. The molecule has 0 bridgehead atoms. The molecular weight excluding hydrogens is 310 g/mol. The standard InChI is InChI=1S/C17H21N3O2S/c1-2-14-16(12-6-4-3-5-7-12)20-17(23-14)19-15(21)10-13-11-22-9-8-18-13/h3-7,13,18H,2,8-11H2,1H3,(H,19,20,21). The molecule has 2 aromatic rings. The lowest BCUT2D eigenvalue weighted by Crippen LogP contribution is -2.43. The van der Waals surface area contributed by atoms with E-state index in [0.29, 0.717) is 24.8 Å². The third-order valence-electron chi connectivity index (χ3n) is 3.74. The van der Waals surface area contributed by atoms with Crippen molar-refractivity contribution in [3.05, 3.63) is 35.2 Å². The molecule has 0 saturated carbocycles. The summed E-state index contributed by atoms with van der Waals surface area (Å²) in [5, 5.41) is 6.88. The fraction of sp³-hybridized carbons (Fsp3) is 0.412. The molecule has 1 aromatic carbocycles. The molecule has 2 N–H and O–H groups in total. The van der Waals surface area contributed by atoms with Crippen LogP contribution in [0.5, 0.6) is 0 Å². The Morgan fingerprint density at radius 1 is 1.43 bits per heavy atom. The van der Waals surface area contributed by atoms with Crippen molar-refractivity contribution in [1.82, 2.24) is 10.3 Å². The van der Waals surface area contributed by atoms with E-state index in [1.54, 1.807) is 11.3 Å². The van der Waals surface area contributed by atoms with Crippen molar-refractivity contribution in [3.8, 4) is 11.3 Å². The molecular formula is C17H21N3O2S. The Kier molecular flexibility index (Phi) is 5.38. The Balaban J connectivity index is 1.68. The minimum absolute atomic E-state index is 0.0241. The summed E-state index contributed by atoms with van der Waals surface area (Å²) in [7, 11) is 0. The summed E-state index contributed by atoms with van der Waals surface area (Å²) in [4.78, 5) is 18.0. The number of hydrogen-bond acceptors (Lipinski definition) is 5. The van der Waals surface area contributed by atoms with E-state index in [-0.39, 0.29) is 11.9 Å². The van der Waals surface area contributed by atoms with Crippen LogP contribution in [0.2, 0.25) is 0 Å². The summed E-state index contributed by atoms with van der Waals surface area (Å²) in [5.41, 5.74) is 2.05. The topological polar surface area (TPSA) is 63.2 Å². The van der Waals surface area contributed by atoms with Gasteiger partial charge < -0.3 is 15.4 Å². The average molecular weight is 331 g/mol. The smallest absolute Gasteiger partial charge is 0.227 e. The first-order chi connectivity index (χ1) is 11.3. The molecule has 1 atom stereocenters. The number of thiazole rings is 1. The van der Waals surface area contributed by atoms with Crippen LogP contribution in [0.25, 0.3) is 11.3 Å². The highest BCUT2D eigenvalue weighted by Gasteiger charge is 2.18. The lowest BCUT2D eigenvalue weighted by atomic mass is 10.1. The number of amides is 1. The van der Waals surface area contributed by atoms with E-state index in [0.717, 1.165) is 24.2 Å². The maximum atomic E-state index is 12.2. The molecule has 1 saturated heterocycles. The minimum Gasteiger partial charge on any atom is -0.378 e. The highest BCUT2D eigenvalue weighted by molar-refractivity contribution is 7.16. The Morgan fingerprint density at radius 2 is 2.26 bits per heavy atom. The van der Waals surface area contributed by atoms with Crippen molar-refractivity contribution < 1.29 is 9.53 Å². The summed E-state index contributed by atoms with van der Waals surface area (Å²) < 4.78 is 5.38. The van der Waals surface area contributed by atoms with E-state index in [4.69, 9.17) is 4.74 Å². The zero-order valence-electron chi connectivity index (χ0n) is 13.2. The molecule has 1 fully saturated rings. The van der Waals surface area contributed by atoms with Crippen molar-refractivity contribution in [2.24, 2.45) is 0 Å². The van der Waals surface area contributed by atoms with E-state index in [9.17, 15) is 4.79 Å². The first kappa shape index (κ1) is 16.1. The first-order valence-corrected chi connectivity index (χ1v) is 8.74. The van der Waals surface area contributed by atoms with Gasteiger partial charge in [0.25, 0.3) is 0 Å². The lowest BCUT2D eigenvalue weighted by Gasteiger charge is -2.22. The number of nitrogens with zero attached hydrogens (tertiary/aromatic N) is 1. The van der Waals surface area contributed by atoms with Gasteiger partial charge in [0.15, 0.2) is 5.13 Å². The molecule has 1 unspecified atom stereocenters. The molecule has 2 heterocycles. The number of morpholine rings is 1. The maximum absolute atomic E-state index is 12.2. The van der Waals surface area contributed by atoms with Gasteiger partial charge in [-0.15, -0.1) is 11.3 Å². The number of carbonyl (C=O) groups is 1. The number of aromatic nitrogens is 1. The van der Waals surface area contributed by atoms with Gasteiger partial charge in [-0.3, -0.25) is 4.79 Å². The van der Waals surface area contributed by atoms with Crippen LogP contribution in [0.4, 0.5) is 5.13 Å². The number of aryl methyl sites for hydroxylation is 1. The second kappa shape index (κ2) is 7.68. The molecule has 3 rings (SSSR count). The summed E-state index contributed by atoms with van der Waals surface area (Å²) in [6.07, 6.45) is 1.30. The number of ether oxygens (including phenoxy) is 1. The van der Waals surface area contributed by atoms with Crippen LogP contribution in [0.1, 0.15) is 18.2 Å². The van der Waals surface area contributed by atoms with E-state index in [1.165, 1.54) is 4.88 Å². The molecule has 122 valence electrons. The highest BCUT2D eigenvalue weighted by atomic mass is 32.1. The zero-order valence-corrected chi connectivity index (χ0v) is 14.0. The van der Waals surface area contributed by atoms with Gasteiger partial charge in [-0.2, -0.15) is 0 Å². The molecule has 23 heavy (non-hydrogen) atoms. The van der Waals surface area contributed by atoms with Gasteiger partial charge in [0.2, 0.25) is 5.91 Å². The van der Waals surface area contributed by atoms with Gasteiger partial charge in [-0.25, -0.2) is 4.98 Å². The van der Waals surface area contributed by atoms with Crippen molar-refractivity contribution >= 4 is 22.4 Å². The Hall–Kier alpha value is -1.76. The first-order valence-electron chi connectivity index (χ1n) is 7.92. The number of rotatable bonds is 5. The molecule has 5 nitrogen and oxygen atoms in total. The van der Waals surface area contributed by atoms with E-state index in [1.807, 2.05) is 30.3 Å². The molecule has 0 radical (unpaired) electrons. The largest absolute Gasteiger partial charge is 0.378 e. The fourth-order valence-electron chi connectivity index (χ4n) is 2.61. The van der Waals surface area contributed by atoms with E-state index in [2.05, 4.69) is 22.5 Å². The second-order valence-corrected chi connectivity index (χ2v) is 6.57. The molecule has 0 aliphatic carbocycles. The van der Waals surface area contributed by atoms with Gasteiger partial charge in [-0.1, -0.05) is 37.3 Å². The minimum atomic E-state index is -0.0241. The SMILES string of the molecule is CCc1sc(NC(=O)CC2COCCN2)nc1-c1ccccc1. The molecule has 6 heteroatoms. The number of carbonyl (C=O) groups excluding carboxylic acids is 1. The van der Waals surface area contributed by atoms with Gasteiger partial charge in [0, 0.05) is 29.4 Å². The highest BCUT2D eigenvalue weighted by Crippen LogP contribution is 2.31. The number of benzene rings is 1. The van der Waals surface area contributed by atoms with Gasteiger partial charge in [0.1, 0.15) is 0 Å². The third-order valence-corrected chi connectivity index (χ3v) is 4.86. The summed E-state index contributed by atoms with van der Waals surface area (Å²) in [6.45, 7) is 4.20. The van der Waals surface area contributed by atoms with Crippen LogP contribution in [0.15, 0.2) is 30.3 Å². The maximum Gasteiger partial charge on any atom is 0.227 e. The summed E-state index contributed by atoms with van der Waals surface area (Å²) in [6, 6.07) is 10.2. The van der Waals surface area contributed by atoms with Crippen LogP contribution in [-0.4, -0.2) is 36.7 Å². The van der Waals surface area contributed by atoms with Crippen LogP contribution in [-0.2, 0) is 16.0 Å². The second-order valence-electron chi connectivity index (χ2n) is 5.49. The van der Waals surface area contributed by atoms with Gasteiger partial charge in [-0.05, 0) is 6.42 Å². The third kappa shape index (κ3) is 4.16. The van der Waals surface area contributed by atoms with E-state index >= 15 is 0 Å². The quantitative estimate of drug-likeness (QED) is 0.884. The lowest BCUT2D eigenvalue weighted by molar-refractivity contribution is -0.117. The van der Waals surface area contributed by atoms with E-state index < -0.39 is 0 Å². The molecule has 1 amide bonds. The Morgan fingerprint density at radius 3 is 2.96 bits per heavy atom. The number of anilines is 1. The van der Waals surface area contributed by atoms with Crippen molar-refractivity contribution in [3.63, 3.8) is 0 Å². The van der Waals surface area contributed by atoms with Crippen molar-refractivity contribution in [2.45, 2.75) is 25.8 Å². The van der Waals surface area contributed by atoms with Crippen LogP contribution >= 0.6 is 11.3 Å². The predicted molar refractivity (Wildman–Crippen MR) is 92.8 cm³/mol. The molecule has 1 aliphatic heterocycles. The normalized spacial score (nSPS) is 17.9. The van der Waals surface area contributed by atoms with Crippen molar-refractivity contribution in [1.29, 1.82) is 0 Å². The average Bonchev–Trinajstić information content (AvgIpc) is 2.99. The predicted octanol–water partition coefficient (Wildman–Crippen LogP) is 2.69. The summed E-state index contributed by atoms with van der Waals surface area (Å²) in [5.74, 6) is -0.0241. The Labute approximate surface area is 140 Å². The molecule has 0 spiro atoms. The monoisotopic (exact) mass is 331 g/mol. The fourth-order valence-corrected chi connectivity index (χ4v) is 3.55. The Bertz CT molecular complexity index is 651. The zero-order chi connectivity index (χ0) is 16.1. The van der Waals surface area contributed by atoms with Crippen molar-refractivity contribution in [2.75, 3.05) is 25.1 Å². The number of nitrogens with one attached hydrogen (secondary N) is 2. The molecule has 1 aliphatic rings. The van der Waals surface area contributed by atoms with Gasteiger partial charge in [0.05, 0.1) is 18.9 Å². The van der Waals surface area contributed by atoms with Crippen LogP contribution in [0, 0.1) is 0 Å². The summed E-state index contributed by atoms with van der Waals surface area (Å²) >= 11 is 1.55.